The van der Waals surface area contributed by atoms with Crippen molar-refractivity contribution in [1.29, 1.82) is 0 Å². The molecule has 0 aliphatic rings. The SMILES string of the molecule is CCOC(=O)c1cnn(-c2cccc(-c3cccc(Cl)c3/C=C/c3ccc(OC)cc3C)n2)c1C(F)(F)F. The highest BCUT2D eigenvalue weighted by Gasteiger charge is 2.41. The number of carbonyl (C=O) groups is 1. The van der Waals surface area contributed by atoms with Crippen LogP contribution in [-0.4, -0.2) is 34.5 Å². The molecular weight excluding hydrogens is 519 g/mol. The van der Waals surface area contributed by atoms with Crippen molar-refractivity contribution in [3.05, 3.63) is 93.8 Å². The van der Waals surface area contributed by atoms with Gasteiger partial charge in [0.05, 0.1) is 25.6 Å². The number of rotatable bonds is 7. The van der Waals surface area contributed by atoms with Crippen LogP contribution in [0.2, 0.25) is 5.02 Å². The first-order valence-corrected chi connectivity index (χ1v) is 11.9. The minimum atomic E-state index is -4.88. The van der Waals surface area contributed by atoms with Crippen molar-refractivity contribution in [2.75, 3.05) is 13.7 Å². The van der Waals surface area contributed by atoms with Gasteiger partial charge >= 0.3 is 12.1 Å². The van der Waals surface area contributed by atoms with Crippen molar-refractivity contribution < 1.29 is 27.4 Å². The second-order valence-corrected chi connectivity index (χ2v) is 8.58. The van der Waals surface area contributed by atoms with E-state index in [2.05, 4.69) is 10.1 Å². The molecule has 0 atom stereocenters. The molecule has 196 valence electrons. The molecule has 2 heterocycles. The van der Waals surface area contributed by atoms with Crippen molar-refractivity contribution >= 4 is 29.7 Å². The van der Waals surface area contributed by atoms with E-state index in [0.717, 1.165) is 23.1 Å². The Kier molecular flexibility index (Phi) is 7.87. The van der Waals surface area contributed by atoms with E-state index in [1.165, 1.54) is 13.0 Å². The second kappa shape index (κ2) is 11.1. The zero-order valence-corrected chi connectivity index (χ0v) is 21.5. The largest absolute Gasteiger partial charge is 0.497 e. The number of benzene rings is 2. The summed E-state index contributed by atoms with van der Waals surface area (Å²) < 4.78 is 52.6. The maximum atomic E-state index is 14.0. The van der Waals surface area contributed by atoms with Crippen LogP contribution in [-0.2, 0) is 10.9 Å². The fourth-order valence-electron chi connectivity index (χ4n) is 3.91. The third-order valence-electron chi connectivity index (χ3n) is 5.72. The first-order valence-electron chi connectivity index (χ1n) is 11.6. The van der Waals surface area contributed by atoms with Gasteiger partial charge in [0, 0.05) is 16.1 Å². The first kappa shape index (κ1) is 26.9. The fraction of sp³-hybridized carbons (Fsp3) is 0.179. The van der Waals surface area contributed by atoms with E-state index in [-0.39, 0.29) is 12.4 Å². The molecule has 4 aromatic rings. The molecule has 0 unspecified atom stereocenters. The molecule has 2 aromatic carbocycles. The molecule has 0 N–H and O–H groups in total. The quantitative estimate of drug-likeness (QED) is 0.182. The molecule has 4 rings (SSSR count). The number of methoxy groups -OCH3 is 1. The van der Waals surface area contributed by atoms with Gasteiger partial charge in [-0.2, -0.15) is 18.3 Å². The van der Waals surface area contributed by atoms with Gasteiger partial charge in [-0.25, -0.2) is 14.5 Å². The van der Waals surface area contributed by atoms with Gasteiger partial charge < -0.3 is 9.47 Å². The Morgan fingerprint density at radius 3 is 2.55 bits per heavy atom. The van der Waals surface area contributed by atoms with E-state index in [1.807, 2.05) is 37.3 Å². The summed E-state index contributed by atoms with van der Waals surface area (Å²) in [5.41, 5.74) is 1.60. The van der Waals surface area contributed by atoms with E-state index >= 15 is 0 Å². The van der Waals surface area contributed by atoms with Crippen LogP contribution in [0.15, 0.2) is 60.8 Å². The molecule has 0 bridgehead atoms. The number of alkyl halides is 3. The molecule has 38 heavy (non-hydrogen) atoms. The average molecular weight is 542 g/mol. The Bertz CT molecular complexity index is 1510. The summed E-state index contributed by atoms with van der Waals surface area (Å²) in [7, 11) is 1.60. The third kappa shape index (κ3) is 5.57. The highest BCUT2D eigenvalue weighted by molar-refractivity contribution is 6.32. The van der Waals surface area contributed by atoms with Crippen LogP contribution in [0.4, 0.5) is 13.2 Å². The van der Waals surface area contributed by atoms with Crippen molar-refractivity contribution in [1.82, 2.24) is 14.8 Å². The van der Waals surface area contributed by atoms with Crippen LogP contribution in [0, 0.1) is 6.92 Å². The number of ether oxygens (including phenoxy) is 2. The number of pyridine rings is 1. The molecule has 0 fully saturated rings. The predicted molar refractivity (Wildman–Crippen MR) is 139 cm³/mol. The van der Waals surface area contributed by atoms with Crippen molar-refractivity contribution in [3.8, 4) is 22.8 Å². The zero-order valence-electron chi connectivity index (χ0n) is 20.7. The van der Waals surface area contributed by atoms with Crippen LogP contribution in [0.3, 0.4) is 0 Å². The van der Waals surface area contributed by atoms with Gasteiger partial charge in [0.15, 0.2) is 11.5 Å². The summed E-state index contributed by atoms with van der Waals surface area (Å²) >= 11 is 6.53. The summed E-state index contributed by atoms with van der Waals surface area (Å²) in [6.45, 7) is 3.39. The second-order valence-electron chi connectivity index (χ2n) is 8.17. The fourth-order valence-corrected chi connectivity index (χ4v) is 4.15. The van der Waals surface area contributed by atoms with Crippen LogP contribution < -0.4 is 4.74 Å². The molecule has 10 heteroatoms. The topological polar surface area (TPSA) is 66.2 Å². The van der Waals surface area contributed by atoms with E-state index in [0.29, 0.717) is 26.5 Å². The Morgan fingerprint density at radius 1 is 1.11 bits per heavy atom. The smallest absolute Gasteiger partial charge is 0.434 e. The highest BCUT2D eigenvalue weighted by atomic mass is 35.5. The number of aromatic nitrogens is 3. The van der Waals surface area contributed by atoms with Crippen LogP contribution in [0.5, 0.6) is 5.75 Å². The van der Waals surface area contributed by atoms with Gasteiger partial charge in [-0.1, -0.05) is 48.0 Å². The number of hydrogen-bond donors (Lipinski definition) is 0. The van der Waals surface area contributed by atoms with E-state index < -0.39 is 23.4 Å². The van der Waals surface area contributed by atoms with Crippen LogP contribution >= 0.6 is 11.6 Å². The Balaban J connectivity index is 1.78. The third-order valence-corrected chi connectivity index (χ3v) is 6.05. The molecule has 0 aliphatic heterocycles. The number of aryl methyl sites for hydroxylation is 1. The van der Waals surface area contributed by atoms with Gasteiger partial charge in [0.25, 0.3) is 0 Å². The summed E-state index contributed by atoms with van der Waals surface area (Å²) in [4.78, 5) is 16.6. The minimum absolute atomic E-state index is 0.0733. The molecule has 0 aliphatic carbocycles. The zero-order chi connectivity index (χ0) is 27.4. The number of nitrogens with zero attached hydrogens (tertiary/aromatic N) is 3. The molecular formula is C28H23ClF3N3O3. The maximum Gasteiger partial charge on any atom is 0.434 e. The summed E-state index contributed by atoms with van der Waals surface area (Å²) in [6.07, 6.45) is -0.324. The van der Waals surface area contributed by atoms with E-state index in [1.54, 1.807) is 37.4 Å². The number of halogens is 4. The molecule has 0 spiro atoms. The van der Waals surface area contributed by atoms with Crippen molar-refractivity contribution in [2.24, 2.45) is 0 Å². The Hall–Kier alpha value is -4.11. The molecule has 2 aromatic heterocycles. The normalized spacial score (nSPS) is 11.7. The molecule has 0 amide bonds. The van der Waals surface area contributed by atoms with Crippen molar-refractivity contribution in [2.45, 2.75) is 20.0 Å². The minimum Gasteiger partial charge on any atom is -0.497 e. The van der Waals surface area contributed by atoms with Gasteiger partial charge in [-0.05, 0) is 55.3 Å². The van der Waals surface area contributed by atoms with Gasteiger partial charge in [-0.15, -0.1) is 0 Å². The molecule has 6 nitrogen and oxygen atoms in total. The van der Waals surface area contributed by atoms with Crippen LogP contribution in [0.25, 0.3) is 29.2 Å². The summed E-state index contributed by atoms with van der Waals surface area (Å²) in [6, 6.07) is 15.5. The molecule has 0 saturated heterocycles. The standard InChI is InChI=1S/C28H23ClF3N3O3/c1-4-38-27(36)22-16-33-35(26(22)28(30,31)32)25-10-6-9-24(34-25)21-7-5-8-23(29)20(21)14-12-18-11-13-19(37-3)15-17(18)2/h5-16H,4H2,1-3H3/b14-12+. The number of esters is 1. The summed E-state index contributed by atoms with van der Waals surface area (Å²) in [5, 5.41) is 4.26. The van der Waals surface area contributed by atoms with Gasteiger partial charge in [0.2, 0.25) is 0 Å². The lowest BCUT2D eigenvalue weighted by Gasteiger charge is -2.13. The molecule has 0 radical (unpaired) electrons. The van der Waals surface area contributed by atoms with E-state index in [9.17, 15) is 18.0 Å². The lowest BCUT2D eigenvalue weighted by Crippen LogP contribution is -2.19. The van der Waals surface area contributed by atoms with Gasteiger partial charge in [-0.3, -0.25) is 0 Å². The molecule has 0 saturated carbocycles. The summed E-state index contributed by atoms with van der Waals surface area (Å²) in [5.74, 6) is -0.494. The maximum absolute atomic E-state index is 14.0. The Morgan fingerprint density at radius 2 is 1.87 bits per heavy atom. The lowest BCUT2D eigenvalue weighted by molar-refractivity contribution is -0.143. The average Bonchev–Trinajstić information content (AvgIpc) is 3.35. The van der Waals surface area contributed by atoms with E-state index in [4.69, 9.17) is 21.1 Å². The van der Waals surface area contributed by atoms with Gasteiger partial charge in [0.1, 0.15) is 11.3 Å². The first-order chi connectivity index (χ1) is 18.1. The number of hydrogen-bond acceptors (Lipinski definition) is 5. The lowest BCUT2D eigenvalue weighted by atomic mass is 10.0. The predicted octanol–water partition coefficient (Wildman–Crippen LogP) is 7.27. The number of carbonyl (C=O) groups excluding carboxylic acids is 1. The van der Waals surface area contributed by atoms with Crippen LogP contribution in [0.1, 0.15) is 39.7 Å². The monoisotopic (exact) mass is 541 g/mol. The highest BCUT2D eigenvalue weighted by Crippen LogP contribution is 2.35. The van der Waals surface area contributed by atoms with Crippen molar-refractivity contribution in [3.63, 3.8) is 0 Å². The Labute approximate surface area is 222 Å².